The number of piperidine rings is 1. The lowest BCUT2D eigenvalue weighted by atomic mass is 9.93. The van der Waals surface area contributed by atoms with Crippen LogP contribution in [0.4, 0.5) is 0 Å². The average molecular weight is 323 g/mol. The van der Waals surface area contributed by atoms with Gasteiger partial charge >= 0.3 is 0 Å². The Morgan fingerprint density at radius 2 is 2.12 bits per heavy atom. The van der Waals surface area contributed by atoms with Crippen LogP contribution in [0, 0.1) is 0 Å². The summed E-state index contributed by atoms with van der Waals surface area (Å²) in [6.45, 7) is 4.07. The van der Waals surface area contributed by atoms with Crippen LogP contribution in [0.5, 0.6) is 0 Å². The highest BCUT2D eigenvalue weighted by Crippen LogP contribution is 2.34. The first-order chi connectivity index (χ1) is 11.8. The van der Waals surface area contributed by atoms with E-state index in [1.165, 1.54) is 10.9 Å². The maximum atomic E-state index is 12.1. The topological polar surface area (TPSA) is 66.8 Å². The molecule has 0 saturated carbocycles. The molecule has 1 saturated heterocycles. The van der Waals surface area contributed by atoms with Crippen molar-refractivity contribution in [3.63, 3.8) is 0 Å². The lowest BCUT2D eigenvalue weighted by molar-refractivity contribution is -0.123. The van der Waals surface area contributed by atoms with Crippen LogP contribution in [0.1, 0.15) is 37.8 Å². The highest BCUT2D eigenvalue weighted by Gasteiger charge is 2.29. The second-order valence-corrected chi connectivity index (χ2v) is 6.39. The molecule has 24 heavy (non-hydrogen) atoms. The van der Waals surface area contributed by atoms with Gasteiger partial charge in [-0.2, -0.15) is 0 Å². The highest BCUT2D eigenvalue weighted by molar-refractivity contribution is 5.87. The predicted octanol–water partition coefficient (Wildman–Crippen LogP) is 2.86. The molecule has 1 fully saturated rings. The van der Waals surface area contributed by atoms with Gasteiger partial charge in [-0.25, -0.2) is 0 Å². The fourth-order valence-electron chi connectivity index (χ4n) is 3.63. The molecule has 0 aliphatic carbocycles. The zero-order valence-corrected chi connectivity index (χ0v) is 13.8. The molecule has 1 N–H and O–H groups in total. The maximum absolute atomic E-state index is 12.1. The van der Waals surface area contributed by atoms with Gasteiger partial charge in [-0.15, -0.1) is 10.2 Å². The Kier molecular flexibility index (Phi) is 3.90. The first-order valence-electron chi connectivity index (χ1n) is 8.48. The van der Waals surface area contributed by atoms with Crippen LogP contribution in [-0.4, -0.2) is 43.5 Å². The van der Waals surface area contributed by atoms with E-state index in [1.54, 1.807) is 12.7 Å². The van der Waals surface area contributed by atoms with Crippen LogP contribution in [0.25, 0.3) is 16.6 Å². The average Bonchev–Trinajstić information content (AvgIpc) is 3.25. The van der Waals surface area contributed by atoms with Crippen molar-refractivity contribution in [2.75, 3.05) is 13.1 Å². The number of aromatic amines is 1. The molecular formula is C18H21N5O. The van der Waals surface area contributed by atoms with Crippen LogP contribution < -0.4 is 0 Å². The fourth-order valence-corrected chi connectivity index (χ4v) is 3.63. The second-order valence-electron chi connectivity index (χ2n) is 6.39. The zero-order valence-electron chi connectivity index (χ0n) is 13.8. The van der Waals surface area contributed by atoms with E-state index in [9.17, 15) is 4.79 Å². The number of ketones is 1. The molecule has 1 atom stereocenters. The minimum atomic E-state index is 0.163. The van der Waals surface area contributed by atoms with Gasteiger partial charge < -0.3 is 4.98 Å². The molecule has 4 rings (SSSR count). The molecule has 3 aromatic rings. The third kappa shape index (κ3) is 2.63. The van der Waals surface area contributed by atoms with Crippen molar-refractivity contribution in [2.45, 2.75) is 32.2 Å². The summed E-state index contributed by atoms with van der Waals surface area (Å²) in [5.41, 5.74) is 3.33. The number of hydrogen-bond acceptors (Lipinski definition) is 4. The summed E-state index contributed by atoms with van der Waals surface area (Å²) in [4.78, 5) is 17.8. The number of carbonyl (C=O) groups is 1. The minimum absolute atomic E-state index is 0.163. The van der Waals surface area contributed by atoms with E-state index in [0.717, 1.165) is 30.7 Å². The number of aromatic nitrogens is 4. The molecule has 0 bridgehead atoms. The third-order valence-electron chi connectivity index (χ3n) is 4.82. The first-order valence-corrected chi connectivity index (χ1v) is 8.48. The van der Waals surface area contributed by atoms with Crippen molar-refractivity contribution in [1.29, 1.82) is 0 Å². The van der Waals surface area contributed by atoms with Crippen LogP contribution in [0.15, 0.2) is 37.1 Å². The van der Waals surface area contributed by atoms with Crippen molar-refractivity contribution in [3.05, 3.63) is 42.6 Å². The quantitative estimate of drug-likeness (QED) is 0.802. The smallest absolute Gasteiger partial charge is 0.136 e. The van der Waals surface area contributed by atoms with Crippen molar-refractivity contribution < 1.29 is 4.79 Å². The Balaban J connectivity index is 1.77. The first kappa shape index (κ1) is 15.1. The van der Waals surface area contributed by atoms with Gasteiger partial charge in [0.05, 0.1) is 0 Å². The number of rotatable bonds is 4. The van der Waals surface area contributed by atoms with Crippen molar-refractivity contribution in [3.8, 4) is 5.69 Å². The van der Waals surface area contributed by atoms with Crippen molar-refractivity contribution in [2.24, 2.45) is 0 Å². The molecule has 0 amide bonds. The molecule has 124 valence electrons. The molecule has 2 aromatic heterocycles. The number of nitrogens with zero attached hydrogens (tertiary/aromatic N) is 4. The second kappa shape index (κ2) is 6.20. The zero-order chi connectivity index (χ0) is 16.5. The minimum Gasteiger partial charge on any atom is -0.361 e. The van der Waals surface area contributed by atoms with E-state index in [2.05, 4.69) is 45.3 Å². The maximum Gasteiger partial charge on any atom is 0.136 e. The Labute approximate surface area is 140 Å². The van der Waals surface area contributed by atoms with Gasteiger partial charge in [0.1, 0.15) is 18.4 Å². The summed E-state index contributed by atoms with van der Waals surface area (Å²) in [6, 6.07) is 6.43. The Morgan fingerprint density at radius 1 is 1.29 bits per heavy atom. The van der Waals surface area contributed by atoms with E-state index in [4.69, 9.17) is 0 Å². The standard InChI is InChI=1S/C18H21N5O/c1-2-6-22-7-5-14(24)9-18(22)16-10-19-17-4-3-13(8-15(16)17)23-11-20-21-12-23/h3-4,8,10-12,18-19H,2,5-7,9H2,1H3. The number of Topliss-reactive ketones (excluding diaryl/α,β-unsaturated/α-hetero) is 1. The molecule has 0 spiro atoms. The monoisotopic (exact) mass is 323 g/mol. The molecule has 3 heterocycles. The third-order valence-corrected chi connectivity index (χ3v) is 4.82. The van der Waals surface area contributed by atoms with Gasteiger partial charge in [0.25, 0.3) is 0 Å². The van der Waals surface area contributed by atoms with Crippen molar-refractivity contribution in [1.82, 2.24) is 24.6 Å². The largest absolute Gasteiger partial charge is 0.361 e. The molecule has 6 nitrogen and oxygen atoms in total. The Bertz CT molecular complexity index is 852. The van der Waals surface area contributed by atoms with Gasteiger partial charge in [0, 0.05) is 48.2 Å². The Hall–Kier alpha value is -2.47. The van der Waals surface area contributed by atoms with Gasteiger partial charge in [-0.3, -0.25) is 14.3 Å². The summed E-state index contributed by atoms with van der Waals surface area (Å²) in [5, 5.41) is 8.92. The van der Waals surface area contributed by atoms with E-state index in [0.29, 0.717) is 18.6 Å². The van der Waals surface area contributed by atoms with Crippen LogP contribution >= 0.6 is 0 Å². The molecule has 1 aliphatic heterocycles. The molecule has 6 heteroatoms. The van der Waals surface area contributed by atoms with E-state index in [-0.39, 0.29) is 6.04 Å². The van der Waals surface area contributed by atoms with Gasteiger partial charge in [-0.1, -0.05) is 6.92 Å². The van der Waals surface area contributed by atoms with E-state index >= 15 is 0 Å². The van der Waals surface area contributed by atoms with E-state index < -0.39 is 0 Å². The fraction of sp³-hybridized carbons (Fsp3) is 0.389. The summed E-state index contributed by atoms with van der Waals surface area (Å²) in [7, 11) is 0. The molecule has 1 unspecified atom stereocenters. The SMILES string of the molecule is CCCN1CCC(=O)CC1c1c[nH]c2ccc(-n3cnnc3)cc12. The number of H-pyrrole nitrogens is 1. The van der Waals surface area contributed by atoms with Crippen molar-refractivity contribution >= 4 is 16.7 Å². The number of benzene rings is 1. The number of carbonyl (C=O) groups excluding carboxylic acids is 1. The van der Waals surface area contributed by atoms with Crippen LogP contribution in [0.3, 0.4) is 0 Å². The van der Waals surface area contributed by atoms with E-state index in [1.807, 2.05) is 10.6 Å². The predicted molar refractivity (Wildman–Crippen MR) is 92.1 cm³/mol. The normalized spacial score (nSPS) is 19.2. The summed E-state index contributed by atoms with van der Waals surface area (Å²) in [5.74, 6) is 0.358. The van der Waals surface area contributed by atoms with Crippen LogP contribution in [-0.2, 0) is 4.79 Å². The Morgan fingerprint density at radius 3 is 2.92 bits per heavy atom. The lowest BCUT2D eigenvalue weighted by Crippen LogP contribution is -2.37. The molecule has 1 aromatic carbocycles. The summed E-state index contributed by atoms with van der Waals surface area (Å²) in [6.07, 6.45) is 7.82. The summed E-state index contributed by atoms with van der Waals surface area (Å²) < 4.78 is 1.89. The number of nitrogens with one attached hydrogen (secondary N) is 1. The molecule has 0 radical (unpaired) electrons. The number of hydrogen-bond donors (Lipinski definition) is 1. The van der Waals surface area contributed by atoms with Gasteiger partial charge in [-0.05, 0) is 36.7 Å². The van der Waals surface area contributed by atoms with Crippen LogP contribution in [0.2, 0.25) is 0 Å². The molecular weight excluding hydrogens is 302 g/mol. The number of fused-ring (bicyclic) bond motifs is 1. The number of likely N-dealkylation sites (tertiary alicyclic amines) is 1. The highest BCUT2D eigenvalue weighted by atomic mass is 16.1. The van der Waals surface area contributed by atoms with Gasteiger partial charge in [0.15, 0.2) is 0 Å². The van der Waals surface area contributed by atoms with Gasteiger partial charge in [0.2, 0.25) is 0 Å². The summed E-state index contributed by atoms with van der Waals surface area (Å²) >= 11 is 0. The lowest BCUT2D eigenvalue weighted by Gasteiger charge is -2.34. The molecule has 1 aliphatic rings.